The minimum Gasteiger partial charge on any atom is -0.451 e. The summed E-state index contributed by atoms with van der Waals surface area (Å²) in [6.45, 7) is 5.25. The van der Waals surface area contributed by atoms with E-state index in [4.69, 9.17) is 9.47 Å². The van der Waals surface area contributed by atoms with E-state index in [1.54, 1.807) is 13.0 Å². The normalized spacial score (nSPS) is 59.2. The van der Waals surface area contributed by atoms with Crippen molar-refractivity contribution in [1.29, 1.82) is 0 Å². The van der Waals surface area contributed by atoms with Gasteiger partial charge < -0.3 is 50.2 Å². The Balaban J connectivity index is 1.69. The molecule has 11 nitrogen and oxygen atoms in total. The van der Waals surface area contributed by atoms with Crippen LogP contribution in [0.15, 0.2) is 18.3 Å². The number of aromatic nitrogens is 1. The van der Waals surface area contributed by atoms with Crippen LogP contribution in [0.5, 0.6) is 0 Å². The number of nitrogens with one attached hydrogen (secondary N) is 1. The highest BCUT2D eigenvalue weighted by molar-refractivity contribution is 5.87. The number of carbonyl (C=O) groups is 1. The summed E-state index contributed by atoms with van der Waals surface area (Å²) < 4.78 is 12.0. The molecule has 1 aromatic rings. The molecule has 0 amide bonds. The molecule has 8 N–H and O–H groups in total. The first-order valence-electron chi connectivity index (χ1n) is 12.5. The third kappa shape index (κ3) is 1.80. The van der Waals surface area contributed by atoms with Gasteiger partial charge in [0, 0.05) is 30.6 Å². The molecule has 6 bridgehead atoms. The van der Waals surface area contributed by atoms with Crippen molar-refractivity contribution >= 4 is 5.97 Å². The van der Waals surface area contributed by atoms with E-state index in [1.807, 2.05) is 0 Å². The highest BCUT2D eigenvalue weighted by Crippen LogP contribution is 2.90. The zero-order chi connectivity index (χ0) is 26.5. The predicted octanol–water partition coefficient (Wildman–Crippen LogP) is -1.22. The zero-order valence-electron chi connectivity index (χ0n) is 20.7. The monoisotopic (exact) mass is 509 g/mol. The number of rotatable bonds is 4. The van der Waals surface area contributed by atoms with Crippen molar-refractivity contribution in [2.75, 3.05) is 6.61 Å². The lowest BCUT2D eigenvalue weighted by Crippen LogP contribution is -2.75. The second-order valence-electron chi connectivity index (χ2n) is 12.3. The molecule has 200 valence electrons. The molecule has 3 heterocycles. The molecule has 11 heteroatoms. The van der Waals surface area contributed by atoms with Gasteiger partial charge in [0.1, 0.15) is 28.1 Å². The number of carbonyl (C=O) groups excluding carboxylic acids is 1. The van der Waals surface area contributed by atoms with E-state index >= 15 is 0 Å². The minimum atomic E-state index is -2.70. The Kier molecular flexibility index (Phi) is 4.36. The fraction of sp³-hybridized carbons (Fsp3) is 0.800. The number of hydrogen-bond acceptors (Lipinski definition) is 10. The van der Waals surface area contributed by atoms with Crippen LogP contribution in [-0.2, 0) is 9.47 Å². The number of aliphatic hydroxyl groups excluding tert-OH is 2. The molecule has 2 saturated heterocycles. The maximum atomic E-state index is 13.2. The van der Waals surface area contributed by atoms with Gasteiger partial charge in [-0.05, 0) is 37.8 Å². The molecule has 0 radical (unpaired) electrons. The van der Waals surface area contributed by atoms with Gasteiger partial charge in [-0.15, -0.1) is 0 Å². The lowest BCUT2D eigenvalue weighted by atomic mass is 9.52. The van der Waals surface area contributed by atoms with E-state index in [1.165, 1.54) is 33.0 Å². The van der Waals surface area contributed by atoms with Crippen LogP contribution in [0.2, 0.25) is 0 Å². The Morgan fingerprint density at radius 1 is 1.25 bits per heavy atom. The molecular weight excluding hydrogens is 474 g/mol. The van der Waals surface area contributed by atoms with Crippen LogP contribution in [0.25, 0.3) is 0 Å². The summed E-state index contributed by atoms with van der Waals surface area (Å²) in [5.41, 5.74) is -16.1. The van der Waals surface area contributed by atoms with Gasteiger partial charge in [0.25, 0.3) is 0 Å². The average molecular weight is 510 g/mol. The summed E-state index contributed by atoms with van der Waals surface area (Å²) in [6.07, 6.45) is -2.05. The van der Waals surface area contributed by atoms with E-state index in [0.29, 0.717) is 6.42 Å². The van der Waals surface area contributed by atoms with Gasteiger partial charge in [-0.25, -0.2) is 4.79 Å². The molecule has 7 rings (SSSR count). The molecule has 36 heavy (non-hydrogen) atoms. The second-order valence-corrected chi connectivity index (χ2v) is 12.3. The van der Waals surface area contributed by atoms with Crippen molar-refractivity contribution in [2.45, 2.75) is 93.0 Å². The highest BCUT2D eigenvalue weighted by Gasteiger charge is 3.10. The number of aliphatic hydroxyl groups is 7. The lowest BCUT2D eigenvalue weighted by molar-refractivity contribution is -0.390. The maximum absolute atomic E-state index is 13.2. The van der Waals surface area contributed by atoms with Crippen molar-refractivity contribution in [3.05, 3.63) is 24.0 Å². The van der Waals surface area contributed by atoms with Crippen LogP contribution in [0.4, 0.5) is 0 Å². The second kappa shape index (κ2) is 6.35. The number of hydrogen-bond donors (Lipinski definition) is 8. The topological polar surface area (TPSA) is 193 Å². The van der Waals surface area contributed by atoms with Crippen molar-refractivity contribution < 1.29 is 50.0 Å². The van der Waals surface area contributed by atoms with Crippen molar-refractivity contribution in [2.24, 2.45) is 22.7 Å². The summed E-state index contributed by atoms with van der Waals surface area (Å²) in [7, 11) is 0. The van der Waals surface area contributed by atoms with Gasteiger partial charge in [0.15, 0.2) is 17.5 Å². The molecule has 12 atom stereocenters. The van der Waals surface area contributed by atoms with Crippen LogP contribution < -0.4 is 0 Å². The molecular formula is C25H35NO10. The van der Waals surface area contributed by atoms with E-state index in [-0.39, 0.29) is 12.1 Å². The molecule has 2 aliphatic heterocycles. The van der Waals surface area contributed by atoms with E-state index in [2.05, 4.69) is 4.98 Å². The lowest BCUT2D eigenvalue weighted by Gasteiger charge is -2.60. The first-order chi connectivity index (χ1) is 16.6. The molecule has 6 aliphatic rings. The van der Waals surface area contributed by atoms with Crippen molar-refractivity contribution in [3.8, 4) is 0 Å². The number of aromatic amines is 1. The molecule has 0 aromatic carbocycles. The van der Waals surface area contributed by atoms with Crippen molar-refractivity contribution in [3.63, 3.8) is 0 Å². The van der Waals surface area contributed by atoms with Crippen LogP contribution in [0, 0.1) is 22.7 Å². The molecule has 4 aliphatic carbocycles. The van der Waals surface area contributed by atoms with Crippen LogP contribution in [-0.4, -0.2) is 99.3 Å². The minimum absolute atomic E-state index is 0.0109. The molecule has 1 unspecified atom stereocenters. The number of ether oxygens (including phenoxy) is 2. The Morgan fingerprint density at radius 2 is 1.92 bits per heavy atom. The SMILES string of the molecule is C[C@H]1CC[C@@]2(O)C3(O[C@]4(O)C[C@@]2(C)[C@]2(O)[C@H](OC(=O)c5ccc[nH]5)[C@](O)([C@@H](C)CO)[C@@]4(C)[C@]32O)[C@@H]1O. The quantitative estimate of drug-likeness (QED) is 0.228. The van der Waals surface area contributed by atoms with Crippen molar-refractivity contribution in [1.82, 2.24) is 4.98 Å². The van der Waals surface area contributed by atoms with Crippen LogP contribution in [0.1, 0.15) is 57.4 Å². The first kappa shape index (κ1) is 24.7. The number of H-pyrrole nitrogens is 1. The van der Waals surface area contributed by atoms with E-state index in [0.717, 1.165) is 0 Å². The third-order valence-electron chi connectivity index (χ3n) is 11.5. The average Bonchev–Trinajstić information content (AvgIpc) is 3.45. The standard InChI is InChI=1S/C25H35NO10/c1-12-7-8-20(30)18(3)11-21(31)19(4)22(32,13(2)10-27)17(35-16(29)14-6-5-9-26-14)23(18,33)25(19,34)24(20,36-21)15(12)28/h5-6,9,12-13,15,17,26-28,30-34H,7-8,10-11H2,1-4H3/t12-,13-,15+,17+,18+,19-,20-,21+,22+,23+,24?,25+/m0/s1. The Bertz CT molecular complexity index is 1150. The largest absolute Gasteiger partial charge is 0.451 e. The summed E-state index contributed by atoms with van der Waals surface area (Å²) >= 11 is 0. The fourth-order valence-corrected chi connectivity index (χ4v) is 9.57. The molecule has 4 saturated carbocycles. The first-order valence-corrected chi connectivity index (χ1v) is 12.5. The maximum Gasteiger partial charge on any atom is 0.355 e. The van der Waals surface area contributed by atoms with Gasteiger partial charge in [-0.3, -0.25) is 0 Å². The van der Waals surface area contributed by atoms with Gasteiger partial charge >= 0.3 is 5.97 Å². The van der Waals surface area contributed by atoms with Gasteiger partial charge in [-0.2, -0.15) is 0 Å². The summed E-state index contributed by atoms with van der Waals surface area (Å²) in [5.74, 6) is -4.97. The zero-order valence-corrected chi connectivity index (χ0v) is 20.7. The summed E-state index contributed by atoms with van der Waals surface area (Å²) in [6, 6.07) is 2.99. The number of esters is 1. The van der Waals surface area contributed by atoms with Gasteiger partial charge in [0.2, 0.25) is 0 Å². The third-order valence-corrected chi connectivity index (χ3v) is 11.5. The Morgan fingerprint density at radius 3 is 2.50 bits per heavy atom. The summed E-state index contributed by atoms with van der Waals surface area (Å²) in [4.78, 5) is 15.9. The van der Waals surface area contributed by atoms with Crippen LogP contribution >= 0.6 is 0 Å². The Hall–Kier alpha value is -1.57. The van der Waals surface area contributed by atoms with Gasteiger partial charge in [-0.1, -0.05) is 20.8 Å². The Labute approximate surface area is 207 Å². The smallest absolute Gasteiger partial charge is 0.355 e. The highest BCUT2D eigenvalue weighted by atomic mass is 16.7. The van der Waals surface area contributed by atoms with Crippen LogP contribution in [0.3, 0.4) is 0 Å². The van der Waals surface area contributed by atoms with E-state index < -0.39 is 87.7 Å². The molecule has 6 fully saturated rings. The molecule has 1 aromatic heterocycles. The van der Waals surface area contributed by atoms with E-state index in [9.17, 15) is 40.5 Å². The predicted molar refractivity (Wildman–Crippen MR) is 120 cm³/mol. The summed E-state index contributed by atoms with van der Waals surface area (Å²) in [5, 5.41) is 84.2. The fourth-order valence-electron chi connectivity index (χ4n) is 9.57. The van der Waals surface area contributed by atoms with Gasteiger partial charge in [0.05, 0.1) is 11.5 Å². The molecule has 1 spiro atoms.